The topological polar surface area (TPSA) is 58.6 Å². The molecule has 1 unspecified atom stereocenters. The third-order valence-electron chi connectivity index (χ3n) is 2.77. The Kier molecular flexibility index (Phi) is 6.67. The second-order valence-corrected chi connectivity index (χ2v) is 4.79. The van der Waals surface area contributed by atoms with Gasteiger partial charge >= 0.3 is 0 Å². The molecule has 0 heterocycles. The SMILES string of the molecule is CCCC(O)CNC(=O)Cc1ccc(OC)cc1Cl. The van der Waals surface area contributed by atoms with Gasteiger partial charge in [-0.05, 0) is 24.1 Å². The number of carbonyl (C=O) groups excluding carboxylic acids is 1. The summed E-state index contributed by atoms with van der Waals surface area (Å²) >= 11 is 6.06. The van der Waals surface area contributed by atoms with Crippen molar-refractivity contribution in [3.63, 3.8) is 0 Å². The molecule has 0 fully saturated rings. The fourth-order valence-electron chi connectivity index (χ4n) is 1.70. The quantitative estimate of drug-likeness (QED) is 0.807. The van der Waals surface area contributed by atoms with Crippen LogP contribution in [0.1, 0.15) is 25.3 Å². The Morgan fingerprint density at radius 1 is 1.53 bits per heavy atom. The first-order chi connectivity index (χ1) is 9.06. The highest BCUT2D eigenvalue weighted by Crippen LogP contribution is 2.22. The molecule has 0 spiro atoms. The fraction of sp³-hybridized carbons (Fsp3) is 0.500. The number of amides is 1. The summed E-state index contributed by atoms with van der Waals surface area (Å²) < 4.78 is 5.04. The summed E-state index contributed by atoms with van der Waals surface area (Å²) in [5.74, 6) is 0.509. The Bertz CT molecular complexity index is 423. The van der Waals surface area contributed by atoms with E-state index in [1.807, 2.05) is 6.92 Å². The number of rotatable bonds is 7. The summed E-state index contributed by atoms with van der Waals surface area (Å²) in [6.45, 7) is 2.27. The van der Waals surface area contributed by atoms with Gasteiger partial charge in [-0.2, -0.15) is 0 Å². The van der Waals surface area contributed by atoms with Gasteiger partial charge in [0.05, 0.1) is 19.6 Å². The van der Waals surface area contributed by atoms with Crippen LogP contribution in [-0.4, -0.2) is 30.8 Å². The fourth-order valence-corrected chi connectivity index (χ4v) is 1.94. The second-order valence-electron chi connectivity index (χ2n) is 4.38. The molecule has 4 nitrogen and oxygen atoms in total. The van der Waals surface area contributed by atoms with Crippen LogP contribution in [0.3, 0.4) is 0 Å². The van der Waals surface area contributed by atoms with E-state index in [1.54, 1.807) is 25.3 Å². The van der Waals surface area contributed by atoms with Crippen molar-refractivity contribution >= 4 is 17.5 Å². The van der Waals surface area contributed by atoms with Gasteiger partial charge in [0.25, 0.3) is 0 Å². The highest BCUT2D eigenvalue weighted by molar-refractivity contribution is 6.31. The van der Waals surface area contributed by atoms with E-state index in [0.717, 1.165) is 12.0 Å². The van der Waals surface area contributed by atoms with Crippen molar-refractivity contribution in [1.29, 1.82) is 0 Å². The molecule has 1 aromatic carbocycles. The van der Waals surface area contributed by atoms with Crippen LogP contribution in [0.4, 0.5) is 0 Å². The maximum atomic E-state index is 11.7. The Morgan fingerprint density at radius 2 is 2.26 bits per heavy atom. The van der Waals surface area contributed by atoms with Crippen molar-refractivity contribution in [2.75, 3.05) is 13.7 Å². The highest BCUT2D eigenvalue weighted by atomic mass is 35.5. The van der Waals surface area contributed by atoms with Crippen molar-refractivity contribution in [1.82, 2.24) is 5.32 Å². The zero-order valence-electron chi connectivity index (χ0n) is 11.3. The summed E-state index contributed by atoms with van der Waals surface area (Å²) in [4.78, 5) is 11.7. The van der Waals surface area contributed by atoms with E-state index in [9.17, 15) is 9.90 Å². The third kappa shape index (κ3) is 5.49. The molecule has 19 heavy (non-hydrogen) atoms. The molecular formula is C14H20ClNO3. The molecular weight excluding hydrogens is 266 g/mol. The molecule has 1 rings (SSSR count). The van der Waals surface area contributed by atoms with Crippen molar-refractivity contribution in [3.05, 3.63) is 28.8 Å². The maximum Gasteiger partial charge on any atom is 0.224 e. The zero-order chi connectivity index (χ0) is 14.3. The number of ether oxygens (including phenoxy) is 1. The van der Waals surface area contributed by atoms with Gasteiger partial charge in [0.2, 0.25) is 5.91 Å². The van der Waals surface area contributed by atoms with Crippen LogP contribution >= 0.6 is 11.6 Å². The van der Waals surface area contributed by atoms with Crippen LogP contribution in [0.5, 0.6) is 5.75 Å². The normalized spacial score (nSPS) is 12.0. The van der Waals surface area contributed by atoms with E-state index >= 15 is 0 Å². The van der Waals surface area contributed by atoms with Gasteiger partial charge in [0, 0.05) is 11.6 Å². The Balaban J connectivity index is 2.48. The zero-order valence-corrected chi connectivity index (χ0v) is 12.0. The molecule has 0 radical (unpaired) electrons. The number of methoxy groups -OCH3 is 1. The second kappa shape index (κ2) is 8.02. The van der Waals surface area contributed by atoms with E-state index in [1.165, 1.54) is 0 Å². The first-order valence-electron chi connectivity index (χ1n) is 6.34. The summed E-state index contributed by atoms with van der Waals surface area (Å²) in [6, 6.07) is 5.21. The maximum absolute atomic E-state index is 11.7. The van der Waals surface area contributed by atoms with E-state index in [-0.39, 0.29) is 18.9 Å². The lowest BCUT2D eigenvalue weighted by molar-refractivity contribution is -0.120. The molecule has 0 bridgehead atoms. The molecule has 0 aromatic heterocycles. The van der Waals surface area contributed by atoms with Crippen molar-refractivity contribution < 1.29 is 14.6 Å². The number of hydrogen-bond donors (Lipinski definition) is 2. The first-order valence-corrected chi connectivity index (χ1v) is 6.71. The van der Waals surface area contributed by atoms with E-state index in [0.29, 0.717) is 17.2 Å². The first kappa shape index (κ1) is 15.8. The van der Waals surface area contributed by atoms with Gasteiger partial charge in [-0.25, -0.2) is 0 Å². The largest absolute Gasteiger partial charge is 0.497 e. The summed E-state index contributed by atoms with van der Waals surface area (Å²) in [7, 11) is 1.56. The highest BCUT2D eigenvalue weighted by Gasteiger charge is 2.10. The number of halogens is 1. The Labute approximate surface area is 118 Å². The average Bonchev–Trinajstić information content (AvgIpc) is 2.39. The standard InChI is InChI=1S/C14H20ClNO3/c1-3-4-11(17)9-16-14(18)7-10-5-6-12(19-2)8-13(10)15/h5-6,8,11,17H,3-4,7,9H2,1-2H3,(H,16,18). The predicted octanol–water partition coefficient (Wildman–Crippen LogP) is 2.17. The third-order valence-corrected chi connectivity index (χ3v) is 3.12. The molecule has 0 saturated carbocycles. The summed E-state index contributed by atoms with van der Waals surface area (Å²) in [6.07, 6.45) is 1.28. The van der Waals surface area contributed by atoms with Crippen LogP contribution in [0, 0.1) is 0 Å². The molecule has 0 aliphatic rings. The number of hydrogen-bond acceptors (Lipinski definition) is 3. The van der Waals surface area contributed by atoms with Crippen LogP contribution in [0.15, 0.2) is 18.2 Å². The molecule has 5 heteroatoms. The number of nitrogens with one attached hydrogen (secondary N) is 1. The summed E-state index contributed by atoms with van der Waals surface area (Å²) in [5, 5.41) is 12.7. The van der Waals surface area contributed by atoms with E-state index in [4.69, 9.17) is 16.3 Å². The van der Waals surface area contributed by atoms with Crippen LogP contribution in [0.2, 0.25) is 5.02 Å². The van der Waals surface area contributed by atoms with Gasteiger partial charge in [-0.3, -0.25) is 4.79 Å². The van der Waals surface area contributed by atoms with Gasteiger partial charge in [0.1, 0.15) is 5.75 Å². The molecule has 1 aromatic rings. The molecule has 0 saturated heterocycles. The van der Waals surface area contributed by atoms with Crippen molar-refractivity contribution in [3.8, 4) is 5.75 Å². The van der Waals surface area contributed by atoms with Crippen LogP contribution in [0.25, 0.3) is 0 Å². The molecule has 106 valence electrons. The molecule has 0 aliphatic carbocycles. The van der Waals surface area contributed by atoms with Gasteiger partial charge in [0.15, 0.2) is 0 Å². The lowest BCUT2D eigenvalue weighted by atomic mass is 10.1. The number of aliphatic hydroxyl groups is 1. The molecule has 2 N–H and O–H groups in total. The minimum Gasteiger partial charge on any atom is -0.497 e. The lowest BCUT2D eigenvalue weighted by Crippen LogP contribution is -2.33. The molecule has 0 aliphatic heterocycles. The monoisotopic (exact) mass is 285 g/mol. The number of benzene rings is 1. The minimum absolute atomic E-state index is 0.151. The van der Waals surface area contributed by atoms with Crippen LogP contribution < -0.4 is 10.1 Å². The van der Waals surface area contributed by atoms with Gasteiger partial charge in [-0.15, -0.1) is 0 Å². The smallest absolute Gasteiger partial charge is 0.224 e. The Morgan fingerprint density at radius 3 is 2.84 bits per heavy atom. The predicted molar refractivity (Wildman–Crippen MR) is 75.6 cm³/mol. The van der Waals surface area contributed by atoms with Crippen LogP contribution in [-0.2, 0) is 11.2 Å². The van der Waals surface area contributed by atoms with Gasteiger partial charge < -0.3 is 15.2 Å². The summed E-state index contributed by atoms with van der Waals surface area (Å²) in [5.41, 5.74) is 0.741. The number of carbonyl (C=O) groups is 1. The van der Waals surface area contributed by atoms with Crippen molar-refractivity contribution in [2.45, 2.75) is 32.3 Å². The molecule has 1 amide bonds. The number of aliphatic hydroxyl groups excluding tert-OH is 1. The minimum atomic E-state index is -0.486. The van der Waals surface area contributed by atoms with E-state index < -0.39 is 6.10 Å². The average molecular weight is 286 g/mol. The Hall–Kier alpha value is -1.26. The van der Waals surface area contributed by atoms with Crippen molar-refractivity contribution in [2.24, 2.45) is 0 Å². The van der Waals surface area contributed by atoms with E-state index in [2.05, 4.69) is 5.32 Å². The van der Waals surface area contributed by atoms with Gasteiger partial charge in [-0.1, -0.05) is 31.0 Å². The lowest BCUT2D eigenvalue weighted by Gasteiger charge is -2.11. The molecule has 1 atom stereocenters.